The fourth-order valence-electron chi connectivity index (χ4n) is 4.88. The number of hydrogen-bond acceptors (Lipinski definition) is 9. The van der Waals surface area contributed by atoms with Crippen molar-refractivity contribution in [2.75, 3.05) is 32.8 Å². The van der Waals surface area contributed by atoms with Crippen molar-refractivity contribution in [3.05, 3.63) is 74.4 Å². The molecule has 4 rings (SSSR count). The predicted molar refractivity (Wildman–Crippen MR) is 170 cm³/mol. The maximum absolute atomic E-state index is 13.4. The lowest BCUT2D eigenvalue weighted by molar-refractivity contribution is -0.0494. The zero-order valence-corrected chi connectivity index (χ0v) is 27.0. The zero-order chi connectivity index (χ0) is 33.8. The van der Waals surface area contributed by atoms with Crippen LogP contribution in [0.15, 0.2) is 58.3 Å². The van der Waals surface area contributed by atoms with Crippen LogP contribution in [0.4, 0.5) is 19.3 Å². The summed E-state index contributed by atoms with van der Waals surface area (Å²) in [5.41, 5.74) is 5.86. The molecule has 0 radical (unpaired) electrons. The van der Waals surface area contributed by atoms with E-state index in [4.69, 9.17) is 25.8 Å². The van der Waals surface area contributed by atoms with Gasteiger partial charge in [-0.1, -0.05) is 11.6 Å². The number of fused-ring (bicyclic) bond motifs is 1. The molecule has 1 unspecified atom stereocenters. The second-order valence-electron chi connectivity index (χ2n) is 11.3. The summed E-state index contributed by atoms with van der Waals surface area (Å²) in [6.07, 6.45) is 1.21. The summed E-state index contributed by atoms with van der Waals surface area (Å²) in [6, 6.07) is 9.84. The summed E-state index contributed by atoms with van der Waals surface area (Å²) in [4.78, 5) is 39.1. The van der Waals surface area contributed by atoms with Crippen LogP contribution in [0.1, 0.15) is 33.2 Å². The number of pyridine rings is 1. The molecule has 0 saturated heterocycles. The number of anilines is 1. The fraction of sp³-hybridized carbons (Fsp3) is 0.387. The SMILES string of the molecule is COCCC(CNNc1ccc2c(=O)n(C)n(C(=O)OC(C)(C)C)c2c1)n1cc(OC)c(-c2cc(Cl)ccc2OC(F)F)cc1=O. The number of rotatable bonds is 12. The molecule has 12 nitrogen and oxygen atoms in total. The third kappa shape index (κ3) is 7.87. The van der Waals surface area contributed by atoms with Crippen molar-refractivity contribution in [1.29, 1.82) is 0 Å². The van der Waals surface area contributed by atoms with Crippen molar-refractivity contribution in [2.45, 2.75) is 45.4 Å². The first kappa shape index (κ1) is 34.5. The summed E-state index contributed by atoms with van der Waals surface area (Å²) in [5, 5.41) is 0.588. The molecular formula is C31H36ClF2N5O7. The van der Waals surface area contributed by atoms with Crippen LogP contribution in [0.25, 0.3) is 22.0 Å². The van der Waals surface area contributed by atoms with Gasteiger partial charge in [0, 0.05) is 49.5 Å². The Balaban J connectivity index is 1.62. The van der Waals surface area contributed by atoms with Crippen molar-refractivity contribution in [3.63, 3.8) is 0 Å². The maximum Gasteiger partial charge on any atom is 0.434 e. The predicted octanol–water partition coefficient (Wildman–Crippen LogP) is 5.41. The van der Waals surface area contributed by atoms with Gasteiger partial charge in [0.1, 0.15) is 17.1 Å². The van der Waals surface area contributed by atoms with E-state index in [-0.39, 0.29) is 39.8 Å². The lowest BCUT2D eigenvalue weighted by atomic mass is 10.0. The van der Waals surface area contributed by atoms with Crippen LogP contribution < -0.4 is 31.4 Å². The lowest BCUT2D eigenvalue weighted by Gasteiger charge is -2.23. The second-order valence-corrected chi connectivity index (χ2v) is 11.8. The Hall–Kier alpha value is -4.40. The van der Waals surface area contributed by atoms with Crippen molar-refractivity contribution < 1.29 is 32.5 Å². The maximum atomic E-state index is 13.4. The summed E-state index contributed by atoms with van der Waals surface area (Å²) < 4.78 is 51.0. The van der Waals surface area contributed by atoms with Gasteiger partial charge in [0.05, 0.1) is 35.9 Å². The number of ether oxygens (including phenoxy) is 4. The minimum Gasteiger partial charge on any atom is -0.495 e. The summed E-state index contributed by atoms with van der Waals surface area (Å²) >= 11 is 6.14. The number of halogens is 3. The molecule has 2 N–H and O–H groups in total. The molecule has 0 amide bonds. The molecule has 2 heterocycles. The zero-order valence-electron chi connectivity index (χ0n) is 26.2. The third-order valence-corrected chi connectivity index (χ3v) is 7.18. The number of nitrogens with zero attached hydrogens (tertiary/aromatic N) is 3. The van der Waals surface area contributed by atoms with Gasteiger partial charge in [-0.25, -0.2) is 14.9 Å². The molecule has 4 aromatic rings. The lowest BCUT2D eigenvalue weighted by Crippen LogP contribution is -2.35. The number of aromatic nitrogens is 3. The monoisotopic (exact) mass is 663 g/mol. The van der Waals surface area contributed by atoms with Crippen LogP contribution in [-0.4, -0.2) is 59.6 Å². The highest BCUT2D eigenvalue weighted by molar-refractivity contribution is 6.31. The standard InChI is InChI=1S/C31H36ClF2N5O7/c1-31(2,3)46-30(42)39-24-14-19(8-9-21(24)28(41)37(39)4)36-35-16-20(11-12-43-5)38-17-26(44-6)23(15-27(38)40)22-13-18(32)7-10-25(22)45-29(33)34/h7-10,13-15,17,20,29,35-36H,11-12,16H2,1-6H3. The number of carbonyl (C=O) groups is 1. The molecule has 0 bridgehead atoms. The van der Waals surface area contributed by atoms with Gasteiger partial charge in [0.25, 0.3) is 11.1 Å². The van der Waals surface area contributed by atoms with Gasteiger partial charge in [0.15, 0.2) is 0 Å². The molecule has 0 fully saturated rings. The van der Waals surface area contributed by atoms with E-state index in [0.29, 0.717) is 29.6 Å². The summed E-state index contributed by atoms with van der Waals surface area (Å²) in [7, 11) is 4.42. The Labute approximate surface area is 268 Å². The molecule has 15 heteroatoms. The highest BCUT2D eigenvalue weighted by Crippen LogP contribution is 2.38. The number of alkyl halides is 2. The average molecular weight is 664 g/mol. The Morgan fingerprint density at radius 3 is 2.39 bits per heavy atom. The topological polar surface area (TPSA) is 127 Å². The minimum absolute atomic E-state index is 0.163. The van der Waals surface area contributed by atoms with Gasteiger partial charge in [-0.2, -0.15) is 13.5 Å². The van der Waals surface area contributed by atoms with Crippen LogP contribution in [-0.2, 0) is 16.5 Å². The molecule has 0 aliphatic heterocycles. The second kappa shape index (κ2) is 14.4. The number of hydrazine groups is 1. The van der Waals surface area contributed by atoms with Crippen molar-refractivity contribution >= 4 is 34.3 Å². The summed E-state index contributed by atoms with van der Waals surface area (Å²) in [6.45, 7) is 2.65. The smallest absolute Gasteiger partial charge is 0.434 e. The largest absolute Gasteiger partial charge is 0.495 e. The van der Waals surface area contributed by atoms with E-state index >= 15 is 0 Å². The van der Waals surface area contributed by atoms with Gasteiger partial charge in [0.2, 0.25) is 0 Å². The van der Waals surface area contributed by atoms with E-state index in [1.807, 2.05) is 0 Å². The minimum atomic E-state index is -3.09. The van der Waals surface area contributed by atoms with Crippen LogP contribution in [0.3, 0.4) is 0 Å². The van der Waals surface area contributed by atoms with Gasteiger partial charge >= 0.3 is 12.7 Å². The third-order valence-electron chi connectivity index (χ3n) is 6.95. The van der Waals surface area contributed by atoms with E-state index in [0.717, 1.165) is 0 Å². The van der Waals surface area contributed by atoms with Gasteiger partial charge in [-0.05, 0) is 63.6 Å². The van der Waals surface area contributed by atoms with Crippen LogP contribution in [0, 0.1) is 0 Å². The number of benzene rings is 2. The Kier molecular flexibility index (Phi) is 10.8. The molecule has 0 spiro atoms. The molecule has 2 aromatic heterocycles. The average Bonchev–Trinajstić information content (AvgIpc) is 3.23. The molecular weight excluding hydrogens is 628 g/mol. The first-order valence-electron chi connectivity index (χ1n) is 14.2. The van der Waals surface area contributed by atoms with Crippen molar-refractivity contribution in [2.24, 2.45) is 7.05 Å². The number of nitrogens with one attached hydrogen (secondary N) is 2. The normalized spacial score (nSPS) is 12.4. The van der Waals surface area contributed by atoms with E-state index in [9.17, 15) is 23.2 Å². The Morgan fingerprint density at radius 1 is 1.02 bits per heavy atom. The molecule has 46 heavy (non-hydrogen) atoms. The number of hydrogen-bond donors (Lipinski definition) is 2. The molecule has 1 atom stereocenters. The van der Waals surface area contributed by atoms with Crippen molar-refractivity contribution in [3.8, 4) is 22.6 Å². The molecule has 248 valence electrons. The van der Waals surface area contributed by atoms with Crippen LogP contribution in [0.2, 0.25) is 5.02 Å². The van der Waals surface area contributed by atoms with E-state index in [1.165, 1.54) is 65.7 Å². The molecule has 0 saturated carbocycles. The van der Waals surface area contributed by atoms with E-state index < -0.39 is 29.9 Å². The Morgan fingerprint density at radius 2 is 1.74 bits per heavy atom. The molecule has 0 aliphatic carbocycles. The highest BCUT2D eigenvalue weighted by Gasteiger charge is 2.24. The number of carbonyl (C=O) groups excluding carboxylic acids is 1. The molecule has 2 aromatic carbocycles. The Bertz CT molecular complexity index is 1830. The van der Waals surface area contributed by atoms with E-state index in [2.05, 4.69) is 15.6 Å². The summed E-state index contributed by atoms with van der Waals surface area (Å²) in [5.74, 6) is 0.0649. The van der Waals surface area contributed by atoms with Crippen molar-refractivity contribution in [1.82, 2.24) is 19.4 Å². The highest BCUT2D eigenvalue weighted by atomic mass is 35.5. The van der Waals surface area contributed by atoms with Gasteiger partial charge in [-0.3, -0.25) is 9.59 Å². The molecule has 0 aliphatic rings. The van der Waals surface area contributed by atoms with Crippen LogP contribution >= 0.6 is 11.6 Å². The first-order chi connectivity index (χ1) is 21.7. The van der Waals surface area contributed by atoms with E-state index in [1.54, 1.807) is 39.0 Å². The van der Waals surface area contributed by atoms with Gasteiger partial charge < -0.3 is 28.9 Å². The first-order valence-corrected chi connectivity index (χ1v) is 14.6. The van der Waals surface area contributed by atoms with Crippen LogP contribution in [0.5, 0.6) is 11.5 Å². The van der Waals surface area contributed by atoms with Gasteiger partial charge in [-0.15, -0.1) is 0 Å². The fourth-order valence-corrected chi connectivity index (χ4v) is 5.05. The quantitative estimate of drug-likeness (QED) is 0.191. The number of methoxy groups -OCH3 is 2.